The zero-order chi connectivity index (χ0) is 23.8. The summed E-state index contributed by atoms with van der Waals surface area (Å²) < 4.78 is 0.925. The van der Waals surface area contributed by atoms with E-state index in [4.69, 9.17) is 11.6 Å². The Kier molecular flexibility index (Phi) is 9.10. The first-order valence-electron chi connectivity index (χ1n) is 10.9. The second kappa shape index (κ2) is 12.0. The standard InChI is InChI=1S/C27H28BrClN2O2/c1-19(2)30-27(33)25(16-20-8-4-3-5-9-20)31(18-22-11-6-12-23(28)14-22)26(32)17-21-10-7-13-24(29)15-21/h3-15,19,25H,16-18H2,1-2H3,(H,30,33)/t25-/m1/s1. The zero-order valence-corrected chi connectivity index (χ0v) is 21.1. The summed E-state index contributed by atoms with van der Waals surface area (Å²) in [5.74, 6) is -0.291. The minimum absolute atomic E-state index is 0.0356. The lowest BCUT2D eigenvalue weighted by Crippen LogP contribution is -2.52. The molecule has 2 amide bonds. The molecule has 0 saturated carbocycles. The normalized spacial score (nSPS) is 11.8. The van der Waals surface area contributed by atoms with Gasteiger partial charge in [0, 0.05) is 28.5 Å². The molecule has 0 aliphatic heterocycles. The van der Waals surface area contributed by atoms with Crippen molar-refractivity contribution in [1.29, 1.82) is 0 Å². The van der Waals surface area contributed by atoms with E-state index in [2.05, 4.69) is 21.2 Å². The van der Waals surface area contributed by atoms with Crippen LogP contribution in [0.15, 0.2) is 83.3 Å². The Balaban J connectivity index is 1.97. The van der Waals surface area contributed by atoms with E-state index >= 15 is 0 Å². The van der Waals surface area contributed by atoms with E-state index in [1.165, 1.54) is 0 Å². The van der Waals surface area contributed by atoms with Crippen molar-refractivity contribution in [3.63, 3.8) is 0 Å². The number of carbonyl (C=O) groups excluding carboxylic acids is 2. The fourth-order valence-electron chi connectivity index (χ4n) is 3.69. The molecule has 0 aliphatic rings. The molecule has 0 aromatic heterocycles. The highest BCUT2D eigenvalue weighted by atomic mass is 79.9. The van der Waals surface area contributed by atoms with Gasteiger partial charge < -0.3 is 10.2 Å². The molecule has 3 aromatic rings. The minimum Gasteiger partial charge on any atom is -0.352 e. The minimum atomic E-state index is -0.652. The summed E-state index contributed by atoms with van der Waals surface area (Å²) in [6.45, 7) is 4.16. The molecule has 0 heterocycles. The molecule has 4 nitrogen and oxygen atoms in total. The van der Waals surface area contributed by atoms with Crippen LogP contribution in [0.5, 0.6) is 0 Å². The number of halogens is 2. The largest absolute Gasteiger partial charge is 0.352 e. The number of nitrogens with zero attached hydrogens (tertiary/aromatic N) is 1. The molecule has 3 aromatic carbocycles. The lowest BCUT2D eigenvalue weighted by Gasteiger charge is -2.32. The fraction of sp³-hybridized carbons (Fsp3) is 0.259. The lowest BCUT2D eigenvalue weighted by atomic mass is 10.0. The SMILES string of the molecule is CC(C)NC(=O)[C@@H](Cc1ccccc1)N(Cc1cccc(Br)c1)C(=O)Cc1cccc(Cl)c1. The van der Waals surface area contributed by atoms with Crippen molar-refractivity contribution in [3.8, 4) is 0 Å². The van der Waals surface area contributed by atoms with Crippen molar-refractivity contribution in [3.05, 3.63) is 105 Å². The van der Waals surface area contributed by atoms with E-state index in [1.807, 2.05) is 80.6 Å². The molecule has 0 bridgehead atoms. The summed E-state index contributed by atoms with van der Waals surface area (Å²) in [5.41, 5.74) is 2.75. The van der Waals surface area contributed by atoms with Crippen molar-refractivity contribution < 1.29 is 9.59 Å². The number of carbonyl (C=O) groups is 2. The molecule has 1 N–H and O–H groups in total. The zero-order valence-electron chi connectivity index (χ0n) is 18.8. The van der Waals surface area contributed by atoms with Gasteiger partial charge in [0.25, 0.3) is 0 Å². The third-order valence-corrected chi connectivity index (χ3v) is 5.92. The molecule has 1 atom stereocenters. The molecule has 0 unspecified atom stereocenters. The van der Waals surface area contributed by atoms with Crippen LogP contribution in [0.4, 0.5) is 0 Å². The Labute approximate surface area is 209 Å². The molecule has 0 fully saturated rings. The molecular weight excluding hydrogens is 500 g/mol. The molecule has 3 rings (SSSR count). The van der Waals surface area contributed by atoms with E-state index in [9.17, 15) is 9.59 Å². The number of hydrogen-bond acceptors (Lipinski definition) is 2. The molecule has 0 aliphatic carbocycles. The molecule has 0 radical (unpaired) electrons. The third-order valence-electron chi connectivity index (χ3n) is 5.19. The van der Waals surface area contributed by atoms with Crippen molar-refractivity contribution in [2.24, 2.45) is 0 Å². The highest BCUT2D eigenvalue weighted by Gasteiger charge is 2.30. The average Bonchev–Trinajstić information content (AvgIpc) is 2.76. The van der Waals surface area contributed by atoms with Crippen LogP contribution in [0.1, 0.15) is 30.5 Å². The second-order valence-electron chi connectivity index (χ2n) is 8.33. The smallest absolute Gasteiger partial charge is 0.243 e. The quantitative estimate of drug-likeness (QED) is 0.382. The van der Waals surface area contributed by atoms with Crippen LogP contribution in [-0.2, 0) is 29.0 Å². The average molecular weight is 528 g/mol. The van der Waals surface area contributed by atoms with E-state index in [-0.39, 0.29) is 24.3 Å². The lowest BCUT2D eigenvalue weighted by molar-refractivity contribution is -0.141. The highest BCUT2D eigenvalue weighted by Crippen LogP contribution is 2.20. The van der Waals surface area contributed by atoms with Crippen molar-refractivity contribution >= 4 is 39.3 Å². The fourth-order valence-corrected chi connectivity index (χ4v) is 4.35. The van der Waals surface area contributed by atoms with Gasteiger partial charge in [-0.25, -0.2) is 0 Å². The number of rotatable bonds is 9. The number of benzene rings is 3. The van der Waals surface area contributed by atoms with Crippen LogP contribution in [0.2, 0.25) is 5.02 Å². The van der Waals surface area contributed by atoms with Gasteiger partial charge in [0.15, 0.2) is 0 Å². The summed E-state index contributed by atoms with van der Waals surface area (Å²) in [7, 11) is 0. The van der Waals surface area contributed by atoms with Gasteiger partial charge in [-0.05, 0) is 54.8 Å². The van der Waals surface area contributed by atoms with Crippen molar-refractivity contribution in [2.45, 2.75) is 45.3 Å². The van der Waals surface area contributed by atoms with Crippen LogP contribution in [-0.4, -0.2) is 28.8 Å². The Morgan fingerprint density at radius 2 is 1.58 bits per heavy atom. The van der Waals surface area contributed by atoms with E-state index in [1.54, 1.807) is 17.0 Å². The van der Waals surface area contributed by atoms with E-state index in [0.717, 1.165) is 21.2 Å². The summed E-state index contributed by atoms with van der Waals surface area (Å²) >= 11 is 9.64. The van der Waals surface area contributed by atoms with Crippen LogP contribution in [0, 0.1) is 0 Å². The van der Waals surface area contributed by atoms with E-state index < -0.39 is 6.04 Å². The summed E-state index contributed by atoms with van der Waals surface area (Å²) in [5, 5.41) is 3.59. The molecule has 6 heteroatoms. The highest BCUT2D eigenvalue weighted by molar-refractivity contribution is 9.10. The van der Waals surface area contributed by atoms with Gasteiger partial charge >= 0.3 is 0 Å². The van der Waals surface area contributed by atoms with Gasteiger partial charge in [0.1, 0.15) is 6.04 Å². The Bertz CT molecular complexity index is 1090. The van der Waals surface area contributed by atoms with Crippen LogP contribution < -0.4 is 5.32 Å². The molecular formula is C27H28BrClN2O2. The molecule has 172 valence electrons. The molecule has 0 saturated heterocycles. The first-order chi connectivity index (χ1) is 15.8. The van der Waals surface area contributed by atoms with Crippen molar-refractivity contribution in [1.82, 2.24) is 10.2 Å². The second-order valence-corrected chi connectivity index (χ2v) is 9.68. The first kappa shape index (κ1) is 25.0. The van der Waals surface area contributed by atoms with Gasteiger partial charge in [0.05, 0.1) is 6.42 Å². The van der Waals surface area contributed by atoms with Crippen LogP contribution >= 0.6 is 27.5 Å². The first-order valence-corrected chi connectivity index (χ1v) is 12.1. The molecule has 0 spiro atoms. The Morgan fingerprint density at radius 1 is 0.909 bits per heavy atom. The topological polar surface area (TPSA) is 49.4 Å². The van der Waals surface area contributed by atoms with Gasteiger partial charge in [-0.2, -0.15) is 0 Å². The predicted octanol–water partition coefficient (Wildman–Crippen LogP) is 5.81. The van der Waals surface area contributed by atoms with Gasteiger partial charge in [0.2, 0.25) is 11.8 Å². The predicted molar refractivity (Wildman–Crippen MR) is 137 cm³/mol. The molecule has 33 heavy (non-hydrogen) atoms. The third kappa shape index (κ3) is 7.72. The summed E-state index contributed by atoms with van der Waals surface area (Å²) in [4.78, 5) is 28.6. The Hall–Kier alpha value is -2.63. The van der Waals surface area contributed by atoms with Crippen LogP contribution in [0.3, 0.4) is 0 Å². The maximum absolute atomic E-state index is 13.6. The van der Waals surface area contributed by atoms with Gasteiger partial charge in [-0.1, -0.05) is 82.1 Å². The maximum Gasteiger partial charge on any atom is 0.243 e. The monoisotopic (exact) mass is 526 g/mol. The maximum atomic E-state index is 13.6. The number of nitrogens with one attached hydrogen (secondary N) is 1. The summed E-state index contributed by atoms with van der Waals surface area (Å²) in [6, 6.07) is 24.2. The van der Waals surface area contributed by atoms with E-state index in [0.29, 0.717) is 18.0 Å². The van der Waals surface area contributed by atoms with Gasteiger partial charge in [-0.3, -0.25) is 9.59 Å². The summed E-state index contributed by atoms with van der Waals surface area (Å²) in [6.07, 6.45) is 0.587. The van der Waals surface area contributed by atoms with Gasteiger partial charge in [-0.15, -0.1) is 0 Å². The Morgan fingerprint density at radius 3 is 2.24 bits per heavy atom. The van der Waals surface area contributed by atoms with Crippen LogP contribution in [0.25, 0.3) is 0 Å². The van der Waals surface area contributed by atoms with Crippen molar-refractivity contribution in [2.75, 3.05) is 0 Å². The number of hydrogen-bond donors (Lipinski definition) is 1. The number of amides is 2.